The lowest BCUT2D eigenvalue weighted by atomic mass is 10.2. The van der Waals surface area contributed by atoms with Crippen LogP contribution in [0.15, 0.2) is 0 Å². The van der Waals surface area contributed by atoms with Crippen molar-refractivity contribution in [2.45, 2.75) is 27.7 Å². The van der Waals surface area contributed by atoms with E-state index in [1.54, 1.807) is 13.8 Å². The lowest BCUT2D eigenvalue weighted by molar-refractivity contribution is 0.248. The number of aliphatic hydroxyl groups excluding tert-OH is 1. The Bertz CT molecular complexity index is 181. The molecule has 1 N–H and O–H groups in total. The molecule has 0 radical (unpaired) electrons. The Labute approximate surface area is 98.2 Å². The van der Waals surface area contributed by atoms with Crippen molar-refractivity contribution in [3.8, 4) is 0 Å². The Morgan fingerprint density at radius 1 is 1.06 bits per heavy atom. The summed E-state index contributed by atoms with van der Waals surface area (Å²) in [5.74, 6) is 0.440. The van der Waals surface area contributed by atoms with E-state index in [1.165, 1.54) is 0 Å². The van der Waals surface area contributed by atoms with Crippen molar-refractivity contribution in [2.24, 2.45) is 5.92 Å². The van der Waals surface area contributed by atoms with Crippen molar-refractivity contribution < 1.29 is 27.6 Å². The van der Waals surface area contributed by atoms with Crippen LogP contribution in [0.4, 0.5) is 0 Å². The van der Waals surface area contributed by atoms with Crippen molar-refractivity contribution >= 4 is 16.5 Å². The highest BCUT2D eigenvalue weighted by molar-refractivity contribution is 7.47. The number of aliphatic hydroxyl groups is 1. The summed E-state index contributed by atoms with van der Waals surface area (Å²) in [6.07, 6.45) is 0. The second-order valence-corrected chi connectivity index (χ2v) is 5.44. The van der Waals surface area contributed by atoms with E-state index in [-0.39, 0.29) is 13.2 Å². The second kappa shape index (κ2) is 13.4. The Morgan fingerprint density at radius 2 is 1.38 bits per heavy atom. The van der Waals surface area contributed by atoms with Gasteiger partial charge in [0.25, 0.3) is 0 Å². The Kier molecular flexibility index (Phi) is 15.6. The molecular weight excluding hydrogens is 254 g/mol. The molecule has 0 aliphatic heterocycles. The van der Waals surface area contributed by atoms with Crippen molar-refractivity contribution in [3.63, 3.8) is 0 Å². The Hall–Kier alpha value is 0.300. The molecule has 0 bridgehead atoms. The van der Waals surface area contributed by atoms with E-state index in [0.717, 1.165) is 0 Å². The van der Waals surface area contributed by atoms with Gasteiger partial charge in [-0.3, -0.25) is 9.13 Å². The van der Waals surface area contributed by atoms with Gasteiger partial charge in [-0.25, -0.2) is 4.31 Å². The molecule has 8 heteroatoms. The maximum absolute atomic E-state index is 10.6. The highest BCUT2D eigenvalue weighted by Gasteiger charge is 2.03. The molecule has 2 unspecified atom stereocenters. The quantitative estimate of drug-likeness (QED) is 0.719. The van der Waals surface area contributed by atoms with Gasteiger partial charge in [0.15, 0.2) is 0 Å². The fourth-order valence-electron chi connectivity index (χ4n) is 0.363. The van der Waals surface area contributed by atoms with E-state index in [2.05, 4.69) is 13.4 Å². The first kappa shape index (κ1) is 18.7. The van der Waals surface area contributed by atoms with Crippen molar-refractivity contribution in [2.75, 3.05) is 19.8 Å². The molecule has 6 nitrogen and oxygen atoms in total. The molecule has 0 fully saturated rings. The summed E-state index contributed by atoms with van der Waals surface area (Å²) in [4.78, 5) is 0. The minimum absolute atomic E-state index is 0.277. The molecule has 0 amide bonds. The molecule has 2 atom stereocenters. The summed E-state index contributed by atoms with van der Waals surface area (Å²) in [5, 5.41) is 8.14. The average Bonchev–Trinajstić information content (AvgIpc) is 2.19. The molecule has 0 aromatic carbocycles. The molecule has 0 saturated heterocycles. The van der Waals surface area contributed by atoms with Gasteiger partial charge >= 0.3 is 16.5 Å². The lowest BCUT2D eigenvalue weighted by Crippen LogP contribution is -1.90. The first-order chi connectivity index (χ1) is 7.47. The van der Waals surface area contributed by atoms with Crippen LogP contribution in [-0.4, -0.2) is 24.9 Å². The van der Waals surface area contributed by atoms with E-state index in [0.29, 0.717) is 12.5 Å². The van der Waals surface area contributed by atoms with Crippen LogP contribution in [0, 0.1) is 5.92 Å². The van der Waals surface area contributed by atoms with Crippen molar-refractivity contribution in [3.05, 3.63) is 0 Å². The molecule has 0 heterocycles. The summed E-state index contributed by atoms with van der Waals surface area (Å²) in [5.41, 5.74) is 0. The predicted molar refractivity (Wildman–Crippen MR) is 64.3 cm³/mol. The van der Waals surface area contributed by atoms with Gasteiger partial charge in [0.1, 0.15) is 0 Å². The molecule has 0 aromatic rings. The monoisotopic (exact) mass is 276 g/mol. The van der Waals surface area contributed by atoms with E-state index in [4.69, 9.17) is 5.11 Å². The second-order valence-electron chi connectivity index (χ2n) is 3.04. The van der Waals surface area contributed by atoms with Crippen LogP contribution in [0.1, 0.15) is 27.7 Å². The summed E-state index contributed by atoms with van der Waals surface area (Å²) < 4.78 is 34.7. The molecular formula is C8H22O6P2. The molecule has 0 rings (SSSR count). The van der Waals surface area contributed by atoms with Gasteiger partial charge in [0, 0.05) is 6.61 Å². The van der Waals surface area contributed by atoms with Crippen LogP contribution in [0.25, 0.3) is 0 Å². The fourth-order valence-corrected chi connectivity index (χ4v) is 1.85. The zero-order valence-corrected chi connectivity index (χ0v) is 12.2. The molecule has 0 aliphatic rings. The smallest absolute Gasteiger partial charge is 0.326 e. The summed E-state index contributed by atoms with van der Waals surface area (Å²) in [7, 11) is -5.21. The standard InChI is InChI=1S/C4H12O5P2.C4H10O/c1-3-7-10(5)9-11(6)8-4-2;1-4(2)3-5/h10-11H,3-4H2,1-2H3;4-5H,3H2,1-2H3. The maximum atomic E-state index is 10.6. The van der Waals surface area contributed by atoms with Gasteiger partial charge in [0.2, 0.25) is 0 Å². The van der Waals surface area contributed by atoms with E-state index in [1.807, 2.05) is 13.8 Å². The topological polar surface area (TPSA) is 82.1 Å². The highest BCUT2D eigenvalue weighted by Crippen LogP contribution is 2.39. The summed E-state index contributed by atoms with van der Waals surface area (Å²) >= 11 is 0. The molecule has 0 aromatic heterocycles. The normalized spacial score (nSPS) is 14.1. The van der Waals surface area contributed by atoms with E-state index >= 15 is 0 Å². The third-order valence-corrected chi connectivity index (χ3v) is 3.44. The lowest BCUT2D eigenvalue weighted by Gasteiger charge is -2.02. The van der Waals surface area contributed by atoms with Gasteiger partial charge in [-0.2, -0.15) is 0 Å². The average molecular weight is 276 g/mol. The predicted octanol–water partition coefficient (Wildman–Crippen LogP) is 2.49. The van der Waals surface area contributed by atoms with Crippen LogP contribution < -0.4 is 0 Å². The van der Waals surface area contributed by atoms with Gasteiger partial charge in [-0.15, -0.1) is 0 Å². The largest absolute Gasteiger partial charge is 0.396 e. The molecule has 0 aliphatic carbocycles. The third kappa shape index (κ3) is 16.7. The Balaban J connectivity index is 0. The van der Waals surface area contributed by atoms with Crippen LogP contribution in [0.2, 0.25) is 0 Å². The number of hydrogen-bond donors (Lipinski definition) is 1. The highest BCUT2D eigenvalue weighted by atomic mass is 31.2. The van der Waals surface area contributed by atoms with Crippen molar-refractivity contribution in [1.82, 2.24) is 0 Å². The first-order valence-electron chi connectivity index (χ1n) is 5.10. The number of hydrogen-bond acceptors (Lipinski definition) is 6. The van der Waals surface area contributed by atoms with Crippen LogP contribution in [0.5, 0.6) is 0 Å². The SMILES string of the molecule is CC(C)CO.CCO[PH](=O)O[PH](=O)OCC. The molecule has 100 valence electrons. The summed E-state index contributed by atoms with van der Waals surface area (Å²) in [6, 6.07) is 0. The van der Waals surface area contributed by atoms with Crippen molar-refractivity contribution in [1.29, 1.82) is 0 Å². The van der Waals surface area contributed by atoms with Gasteiger partial charge in [0.05, 0.1) is 13.2 Å². The minimum atomic E-state index is -2.60. The van der Waals surface area contributed by atoms with Crippen LogP contribution in [0.3, 0.4) is 0 Å². The van der Waals surface area contributed by atoms with Gasteiger partial charge in [-0.05, 0) is 19.8 Å². The van der Waals surface area contributed by atoms with Crippen LogP contribution >= 0.6 is 16.5 Å². The minimum Gasteiger partial charge on any atom is -0.396 e. The van der Waals surface area contributed by atoms with Gasteiger partial charge in [-0.1, -0.05) is 13.8 Å². The van der Waals surface area contributed by atoms with Crippen LogP contribution in [-0.2, 0) is 22.5 Å². The molecule has 0 saturated carbocycles. The Morgan fingerprint density at radius 3 is 1.56 bits per heavy atom. The first-order valence-corrected chi connectivity index (χ1v) is 7.54. The number of rotatable bonds is 7. The fraction of sp³-hybridized carbons (Fsp3) is 1.00. The molecule has 16 heavy (non-hydrogen) atoms. The van der Waals surface area contributed by atoms with Gasteiger partial charge < -0.3 is 14.2 Å². The summed E-state index contributed by atoms with van der Waals surface area (Å²) in [6.45, 7) is 8.14. The zero-order chi connectivity index (χ0) is 13.0. The maximum Gasteiger partial charge on any atom is 0.326 e. The third-order valence-electron chi connectivity index (χ3n) is 1.06. The van der Waals surface area contributed by atoms with E-state index in [9.17, 15) is 9.13 Å². The zero-order valence-electron chi connectivity index (χ0n) is 10.2. The van der Waals surface area contributed by atoms with E-state index < -0.39 is 16.5 Å². The molecule has 0 spiro atoms.